The normalized spacial score (nSPS) is 17.2. The number of likely N-dealkylation sites (tertiary alicyclic amines) is 1. The molecule has 0 radical (unpaired) electrons. The van der Waals surface area contributed by atoms with Crippen LogP contribution in [0.2, 0.25) is 0 Å². The molecule has 0 saturated carbocycles. The number of nitro benzene ring substituents is 1. The van der Waals surface area contributed by atoms with Crippen LogP contribution in [-0.4, -0.2) is 41.3 Å². The molecule has 1 saturated heterocycles. The van der Waals surface area contributed by atoms with Crippen molar-refractivity contribution in [2.24, 2.45) is 5.92 Å². The van der Waals surface area contributed by atoms with Gasteiger partial charge in [0.15, 0.2) is 0 Å². The predicted molar refractivity (Wildman–Crippen MR) is 102 cm³/mol. The molecule has 0 bridgehead atoms. The molecule has 0 aliphatic carbocycles. The monoisotopic (exact) mass is 459 g/mol. The number of rotatable bonds is 6. The van der Waals surface area contributed by atoms with Gasteiger partial charge < -0.3 is 10.2 Å². The Balaban J connectivity index is 2.04. The molecule has 1 aromatic carbocycles. The highest BCUT2D eigenvalue weighted by Crippen LogP contribution is 2.24. The van der Waals surface area contributed by atoms with E-state index in [0.717, 1.165) is 25.7 Å². The first-order valence-corrected chi connectivity index (χ1v) is 9.52. The maximum atomic E-state index is 12.7. The summed E-state index contributed by atoms with van der Waals surface area (Å²) >= 11 is 1.94. The second kappa shape index (κ2) is 9.12. The Hall–Kier alpha value is -1.71. The summed E-state index contributed by atoms with van der Waals surface area (Å²) in [6.45, 7) is 3.73. The summed E-state index contributed by atoms with van der Waals surface area (Å²) in [6, 6.07) is 4.23. The summed E-state index contributed by atoms with van der Waals surface area (Å²) in [5, 5.41) is 13.8. The molecule has 2 rings (SSSR count). The number of carbonyl (C=O) groups is 2. The fourth-order valence-corrected chi connectivity index (χ4v) is 3.60. The third kappa shape index (κ3) is 5.13. The van der Waals surface area contributed by atoms with Gasteiger partial charge in [-0.3, -0.25) is 19.7 Å². The molecule has 1 N–H and O–H groups in total. The van der Waals surface area contributed by atoms with Crippen LogP contribution in [0.25, 0.3) is 0 Å². The number of hydrogen-bond donors (Lipinski definition) is 1. The van der Waals surface area contributed by atoms with Crippen LogP contribution in [0, 0.1) is 19.6 Å². The lowest BCUT2D eigenvalue weighted by molar-refractivity contribution is -0.384. The molecule has 1 aliphatic rings. The molecule has 1 aliphatic heterocycles. The number of nitrogens with one attached hydrogen (secondary N) is 1. The van der Waals surface area contributed by atoms with Crippen LogP contribution in [0.15, 0.2) is 18.2 Å². The average Bonchev–Trinajstić information content (AvgIpc) is 2.61. The van der Waals surface area contributed by atoms with Crippen molar-refractivity contribution in [1.29, 1.82) is 0 Å². The highest BCUT2D eigenvalue weighted by molar-refractivity contribution is 14.1. The van der Waals surface area contributed by atoms with Crippen molar-refractivity contribution in [2.45, 2.75) is 32.6 Å². The number of hydrogen-bond acceptors (Lipinski definition) is 4. The smallest absolute Gasteiger partial charge is 0.270 e. The zero-order valence-corrected chi connectivity index (χ0v) is 16.3. The molecule has 0 spiro atoms. The van der Waals surface area contributed by atoms with Gasteiger partial charge in [0.05, 0.1) is 16.4 Å². The summed E-state index contributed by atoms with van der Waals surface area (Å²) in [7, 11) is 0. The molecule has 1 atom stereocenters. The highest BCUT2D eigenvalue weighted by Gasteiger charge is 2.29. The van der Waals surface area contributed by atoms with Gasteiger partial charge in [0, 0.05) is 35.3 Å². The van der Waals surface area contributed by atoms with Crippen molar-refractivity contribution in [3.8, 4) is 0 Å². The minimum Gasteiger partial charge on any atom is -0.356 e. The van der Waals surface area contributed by atoms with E-state index in [0.29, 0.717) is 28.8 Å². The second-order valence-corrected chi connectivity index (χ2v) is 7.32. The van der Waals surface area contributed by atoms with E-state index in [2.05, 4.69) is 12.2 Å². The molecule has 2 amide bonds. The summed E-state index contributed by atoms with van der Waals surface area (Å²) < 4.78 is 0.548. The maximum Gasteiger partial charge on any atom is 0.270 e. The Bertz CT molecular complexity index is 665. The molecule has 1 aromatic rings. The SMILES string of the molecule is CCCCNC(=O)C1CCCN(C(=O)c2ccc([N+](=O)[O-])cc2I)C1. The van der Waals surface area contributed by atoms with Gasteiger partial charge >= 0.3 is 0 Å². The molecule has 0 aromatic heterocycles. The van der Waals surface area contributed by atoms with Gasteiger partial charge in [-0.05, 0) is 47.9 Å². The van der Waals surface area contributed by atoms with Crippen LogP contribution < -0.4 is 5.32 Å². The van der Waals surface area contributed by atoms with Gasteiger partial charge in [-0.1, -0.05) is 13.3 Å². The number of piperidine rings is 1. The highest BCUT2D eigenvalue weighted by atomic mass is 127. The summed E-state index contributed by atoms with van der Waals surface area (Å²) in [4.78, 5) is 37.0. The minimum absolute atomic E-state index is 0.00402. The Morgan fingerprint density at radius 2 is 2.20 bits per heavy atom. The van der Waals surface area contributed by atoms with E-state index in [1.54, 1.807) is 4.90 Å². The lowest BCUT2D eigenvalue weighted by Gasteiger charge is -2.32. The first-order valence-electron chi connectivity index (χ1n) is 8.45. The van der Waals surface area contributed by atoms with Crippen molar-refractivity contribution < 1.29 is 14.5 Å². The number of benzene rings is 1. The number of nitrogens with zero attached hydrogens (tertiary/aromatic N) is 2. The summed E-state index contributed by atoms with van der Waals surface area (Å²) in [5.74, 6) is -0.361. The van der Waals surface area contributed by atoms with Gasteiger partial charge in [0.1, 0.15) is 0 Å². The lowest BCUT2D eigenvalue weighted by Crippen LogP contribution is -2.45. The van der Waals surface area contributed by atoms with Gasteiger partial charge in [0.2, 0.25) is 5.91 Å². The molecular formula is C17H22IN3O4. The Kier molecular flexibility index (Phi) is 7.15. The second-order valence-electron chi connectivity index (χ2n) is 6.16. The van der Waals surface area contributed by atoms with E-state index >= 15 is 0 Å². The van der Waals surface area contributed by atoms with E-state index in [4.69, 9.17) is 0 Å². The van der Waals surface area contributed by atoms with Crippen molar-refractivity contribution in [1.82, 2.24) is 10.2 Å². The fraction of sp³-hybridized carbons (Fsp3) is 0.529. The molecule has 1 fully saturated rings. The molecular weight excluding hydrogens is 437 g/mol. The van der Waals surface area contributed by atoms with Crippen LogP contribution >= 0.6 is 22.6 Å². The molecule has 1 unspecified atom stereocenters. The van der Waals surface area contributed by atoms with Gasteiger partial charge in [-0.2, -0.15) is 0 Å². The number of amides is 2. The van der Waals surface area contributed by atoms with Crippen molar-refractivity contribution >= 4 is 40.1 Å². The van der Waals surface area contributed by atoms with E-state index in [-0.39, 0.29) is 23.4 Å². The Labute approximate surface area is 160 Å². The fourth-order valence-electron chi connectivity index (χ4n) is 2.87. The van der Waals surface area contributed by atoms with E-state index < -0.39 is 4.92 Å². The third-order valence-corrected chi connectivity index (χ3v) is 5.20. The van der Waals surface area contributed by atoms with Gasteiger partial charge in [-0.25, -0.2) is 0 Å². The van der Waals surface area contributed by atoms with Gasteiger partial charge in [0.25, 0.3) is 11.6 Å². The van der Waals surface area contributed by atoms with Crippen molar-refractivity contribution in [3.05, 3.63) is 37.4 Å². The number of halogens is 1. The van der Waals surface area contributed by atoms with Crippen LogP contribution in [-0.2, 0) is 4.79 Å². The number of nitro groups is 1. The molecule has 7 nitrogen and oxygen atoms in total. The van der Waals surface area contributed by atoms with E-state index in [1.807, 2.05) is 22.6 Å². The number of carbonyl (C=O) groups excluding carboxylic acids is 2. The van der Waals surface area contributed by atoms with Crippen LogP contribution in [0.1, 0.15) is 43.0 Å². The summed E-state index contributed by atoms with van der Waals surface area (Å²) in [5.41, 5.74) is 0.408. The molecule has 8 heteroatoms. The standard InChI is InChI=1S/C17H22IN3O4/c1-2-3-8-19-16(22)12-5-4-9-20(11-12)17(23)14-7-6-13(21(24)25)10-15(14)18/h6-7,10,12H,2-5,8-9,11H2,1H3,(H,19,22). The summed E-state index contributed by atoms with van der Waals surface area (Å²) in [6.07, 6.45) is 3.52. The Morgan fingerprint density at radius 1 is 1.44 bits per heavy atom. The van der Waals surface area contributed by atoms with Crippen molar-refractivity contribution in [3.63, 3.8) is 0 Å². The lowest BCUT2D eigenvalue weighted by atomic mass is 9.96. The first kappa shape index (κ1) is 19.6. The minimum atomic E-state index is -0.478. The topological polar surface area (TPSA) is 92.6 Å². The Morgan fingerprint density at radius 3 is 2.84 bits per heavy atom. The molecule has 25 heavy (non-hydrogen) atoms. The first-order chi connectivity index (χ1) is 11.9. The zero-order chi connectivity index (χ0) is 18.4. The van der Waals surface area contributed by atoms with Crippen LogP contribution in [0.5, 0.6) is 0 Å². The molecule has 136 valence electrons. The van der Waals surface area contributed by atoms with Crippen molar-refractivity contribution in [2.75, 3.05) is 19.6 Å². The quantitative estimate of drug-likeness (QED) is 0.307. The maximum absolute atomic E-state index is 12.7. The predicted octanol–water partition coefficient (Wildman–Crippen LogP) is 2.97. The van der Waals surface area contributed by atoms with Gasteiger partial charge in [-0.15, -0.1) is 0 Å². The van der Waals surface area contributed by atoms with Crippen LogP contribution in [0.4, 0.5) is 5.69 Å². The average molecular weight is 459 g/mol. The largest absolute Gasteiger partial charge is 0.356 e. The third-order valence-electron chi connectivity index (χ3n) is 4.30. The van der Waals surface area contributed by atoms with E-state index in [9.17, 15) is 19.7 Å². The van der Waals surface area contributed by atoms with Crippen LogP contribution in [0.3, 0.4) is 0 Å². The number of non-ortho nitro benzene ring substituents is 1. The number of unbranched alkanes of at least 4 members (excludes halogenated alkanes) is 1. The molecule has 1 heterocycles. The van der Waals surface area contributed by atoms with E-state index in [1.165, 1.54) is 18.2 Å². The zero-order valence-electron chi connectivity index (χ0n) is 14.2.